The van der Waals surface area contributed by atoms with Crippen molar-refractivity contribution in [3.8, 4) is 5.69 Å². The molecule has 3 rings (SSSR count). The standard InChI is InChI=1S/C14H12N2O4/c1-8-12-7-10(14(18)19-2)15-16(12)11-6-4-3-5-9(11)13(17)20-8/h3-8H,1-2H3. The number of nitrogens with zero attached hydrogens (tertiary/aromatic N) is 2. The van der Waals surface area contributed by atoms with Crippen LogP contribution in [-0.4, -0.2) is 28.8 Å². The van der Waals surface area contributed by atoms with Crippen LogP contribution in [-0.2, 0) is 9.47 Å². The summed E-state index contributed by atoms with van der Waals surface area (Å²) in [7, 11) is 1.30. The van der Waals surface area contributed by atoms with Crippen molar-refractivity contribution < 1.29 is 19.1 Å². The Labute approximate surface area is 114 Å². The van der Waals surface area contributed by atoms with Gasteiger partial charge in [-0.15, -0.1) is 0 Å². The fraction of sp³-hybridized carbons (Fsp3) is 0.214. The third-order valence-corrected chi connectivity index (χ3v) is 3.18. The monoisotopic (exact) mass is 272 g/mol. The maximum Gasteiger partial charge on any atom is 0.358 e. The van der Waals surface area contributed by atoms with Gasteiger partial charge in [-0.25, -0.2) is 14.3 Å². The van der Waals surface area contributed by atoms with Crippen LogP contribution in [0.5, 0.6) is 0 Å². The summed E-state index contributed by atoms with van der Waals surface area (Å²) in [6.45, 7) is 1.73. The first-order valence-electron chi connectivity index (χ1n) is 6.10. The molecule has 0 saturated carbocycles. The maximum atomic E-state index is 12.0. The second kappa shape index (κ2) is 4.48. The smallest absolute Gasteiger partial charge is 0.358 e. The molecule has 0 saturated heterocycles. The number of cyclic esters (lactones) is 1. The third kappa shape index (κ3) is 1.77. The number of carbonyl (C=O) groups is 2. The molecule has 1 aromatic carbocycles. The Kier molecular flexibility index (Phi) is 2.78. The third-order valence-electron chi connectivity index (χ3n) is 3.18. The van der Waals surface area contributed by atoms with E-state index in [2.05, 4.69) is 9.84 Å². The molecular formula is C14H12N2O4. The number of hydrogen-bond acceptors (Lipinski definition) is 5. The predicted octanol–water partition coefficient (Wildman–Crippen LogP) is 1.89. The van der Waals surface area contributed by atoms with Gasteiger partial charge in [0.1, 0.15) is 6.10 Å². The Bertz CT molecular complexity index is 705. The van der Waals surface area contributed by atoms with Gasteiger partial charge in [-0.1, -0.05) is 12.1 Å². The molecule has 2 aromatic rings. The fourth-order valence-corrected chi connectivity index (χ4v) is 2.20. The first-order valence-corrected chi connectivity index (χ1v) is 6.10. The van der Waals surface area contributed by atoms with Crippen LogP contribution in [0.1, 0.15) is 39.6 Å². The minimum Gasteiger partial charge on any atom is -0.464 e. The molecule has 1 atom stereocenters. The zero-order chi connectivity index (χ0) is 14.3. The van der Waals surface area contributed by atoms with Gasteiger partial charge in [0.15, 0.2) is 5.69 Å². The Hall–Kier alpha value is -2.63. The topological polar surface area (TPSA) is 70.4 Å². The molecule has 20 heavy (non-hydrogen) atoms. The Morgan fingerprint density at radius 1 is 1.40 bits per heavy atom. The molecule has 0 amide bonds. The van der Waals surface area contributed by atoms with Crippen molar-refractivity contribution in [1.82, 2.24) is 9.78 Å². The highest BCUT2D eigenvalue weighted by atomic mass is 16.5. The molecule has 0 radical (unpaired) electrons. The lowest BCUT2D eigenvalue weighted by Crippen LogP contribution is -2.07. The van der Waals surface area contributed by atoms with E-state index in [1.165, 1.54) is 7.11 Å². The molecule has 1 unspecified atom stereocenters. The predicted molar refractivity (Wildman–Crippen MR) is 68.7 cm³/mol. The minimum atomic E-state index is -0.526. The molecule has 0 spiro atoms. The molecular weight excluding hydrogens is 260 g/mol. The van der Waals surface area contributed by atoms with Crippen molar-refractivity contribution in [3.05, 3.63) is 47.3 Å². The highest BCUT2D eigenvalue weighted by Crippen LogP contribution is 2.29. The first kappa shape index (κ1) is 12.4. The van der Waals surface area contributed by atoms with Crippen LogP contribution in [0.25, 0.3) is 5.69 Å². The van der Waals surface area contributed by atoms with E-state index in [9.17, 15) is 9.59 Å². The highest BCUT2D eigenvalue weighted by Gasteiger charge is 2.28. The number of fused-ring (bicyclic) bond motifs is 3. The van der Waals surface area contributed by atoms with Crippen LogP contribution in [0.2, 0.25) is 0 Å². The normalized spacial score (nSPS) is 16.7. The van der Waals surface area contributed by atoms with Crippen molar-refractivity contribution in [2.45, 2.75) is 13.0 Å². The molecule has 0 N–H and O–H groups in total. The SMILES string of the molecule is COC(=O)c1cc2n(n1)-c1ccccc1C(=O)OC2C. The maximum absolute atomic E-state index is 12.0. The number of benzene rings is 1. The average molecular weight is 272 g/mol. The Balaban J connectivity index is 2.24. The lowest BCUT2D eigenvalue weighted by molar-refractivity contribution is 0.0338. The van der Waals surface area contributed by atoms with Gasteiger partial charge >= 0.3 is 11.9 Å². The van der Waals surface area contributed by atoms with Gasteiger partial charge < -0.3 is 9.47 Å². The van der Waals surface area contributed by atoms with E-state index >= 15 is 0 Å². The first-order chi connectivity index (χ1) is 9.61. The average Bonchev–Trinajstić information content (AvgIpc) is 2.87. The molecule has 1 aliphatic rings. The molecule has 6 heteroatoms. The van der Waals surface area contributed by atoms with Gasteiger partial charge in [0.05, 0.1) is 24.1 Å². The number of esters is 2. The van der Waals surface area contributed by atoms with Crippen molar-refractivity contribution >= 4 is 11.9 Å². The van der Waals surface area contributed by atoms with Gasteiger partial charge in [0.25, 0.3) is 0 Å². The van der Waals surface area contributed by atoms with Crippen LogP contribution in [0.3, 0.4) is 0 Å². The van der Waals surface area contributed by atoms with Gasteiger partial charge in [-0.3, -0.25) is 0 Å². The highest BCUT2D eigenvalue weighted by molar-refractivity contribution is 5.94. The second-order valence-corrected chi connectivity index (χ2v) is 4.42. The number of carbonyl (C=O) groups excluding carboxylic acids is 2. The van der Waals surface area contributed by atoms with Crippen LogP contribution in [0.4, 0.5) is 0 Å². The second-order valence-electron chi connectivity index (χ2n) is 4.42. The summed E-state index contributed by atoms with van der Waals surface area (Å²) in [6, 6.07) is 8.54. The number of para-hydroxylation sites is 1. The summed E-state index contributed by atoms with van der Waals surface area (Å²) in [4.78, 5) is 23.6. The lowest BCUT2D eigenvalue weighted by Gasteiger charge is -2.08. The van der Waals surface area contributed by atoms with E-state index in [1.807, 2.05) is 0 Å². The van der Waals surface area contributed by atoms with E-state index in [-0.39, 0.29) is 5.69 Å². The van der Waals surface area contributed by atoms with E-state index in [1.54, 1.807) is 41.9 Å². The van der Waals surface area contributed by atoms with Gasteiger partial charge in [-0.2, -0.15) is 5.10 Å². The number of hydrogen-bond donors (Lipinski definition) is 0. The molecule has 1 aromatic heterocycles. The van der Waals surface area contributed by atoms with Crippen LogP contribution in [0.15, 0.2) is 30.3 Å². The van der Waals surface area contributed by atoms with E-state index in [4.69, 9.17) is 4.74 Å². The molecule has 102 valence electrons. The van der Waals surface area contributed by atoms with Crippen molar-refractivity contribution in [3.63, 3.8) is 0 Å². The molecule has 1 aliphatic heterocycles. The van der Waals surface area contributed by atoms with Gasteiger partial charge in [0.2, 0.25) is 0 Å². The summed E-state index contributed by atoms with van der Waals surface area (Å²) in [5, 5.41) is 4.22. The molecule has 0 aliphatic carbocycles. The zero-order valence-corrected chi connectivity index (χ0v) is 11.0. The molecule has 0 fully saturated rings. The van der Waals surface area contributed by atoms with Crippen LogP contribution < -0.4 is 0 Å². The molecule has 0 bridgehead atoms. The van der Waals surface area contributed by atoms with Crippen molar-refractivity contribution in [1.29, 1.82) is 0 Å². The summed E-state index contributed by atoms with van der Waals surface area (Å²) >= 11 is 0. The molecule has 6 nitrogen and oxygen atoms in total. The Morgan fingerprint density at radius 3 is 2.90 bits per heavy atom. The summed E-state index contributed by atoms with van der Waals surface area (Å²) in [5.74, 6) is -0.931. The summed E-state index contributed by atoms with van der Waals surface area (Å²) in [6.07, 6.45) is -0.499. The minimum absolute atomic E-state index is 0.183. The molecule has 2 heterocycles. The largest absolute Gasteiger partial charge is 0.464 e. The van der Waals surface area contributed by atoms with Gasteiger partial charge in [-0.05, 0) is 25.1 Å². The van der Waals surface area contributed by atoms with Crippen LogP contribution in [0, 0.1) is 0 Å². The van der Waals surface area contributed by atoms with Gasteiger partial charge in [0, 0.05) is 0 Å². The number of ether oxygens (including phenoxy) is 2. The van der Waals surface area contributed by atoms with Crippen molar-refractivity contribution in [2.24, 2.45) is 0 Å². The zero-order valence-electron chi connectivity index (χ0n) is 11.0. The van der Waals surface area contributed by atoms with E-state index < -0.39 is 18.0 Å². The van der Waals surface area contributed by atoms with Crippen LogP contribution >= 0.6 is 0 Å². The van der Waals surface area contributed by atoms with Crippen molar-refractivity contribution in [2.75, 3.05) is 7.11 Å². The number of methoxy groups -OCH3 is 1. The Morgan fingerprint density at radius 2 is 2.15 bits per heavy atom. The lowest BCUT2D eigenvalue weighted by atomic mass is 10.2. The van der Waals surface area contributed by atoms with E-state index in [0.29, 0.717) is 16.9 Å². The number of aromatic nitrogens is 2. The summed E-state index contributed by atoms with van der Waals surface area (Å²) < 4.78 is 11.6. The number of rotatable bonds is 1. The summed E-state index contributed by atoms with van der Waals surface area (Å²) in [5.41, 5.74) is 1.82. The fourth-order valence-electron chi connectivity index (χ4n) is 2.20. The quantitative estimate of drug-likeness (QED) is 0.741. The van der Waals surface area contributed by atoms with E-state index in [0.717, 1.165) is 0 Å².